The molecule has 0 bridgehead atoms. The summed E-state index contributed by atoms with van der Waals surface area (Å²) in [5.41, 5.74) is 3.58. The van der Waals surface area contributed by atoms with Gasteiger partial charge in [0.1, 0.15) is 30.3 Å². The zero-order valence-electron chi connectivity index (χ0n) is 23.4. The van der Waals surface area contributed by atoms with Crippen molar-refractivity contribution in [3.63, 3.8) is 0 Å². The van der Waals surface area contributed by atoms with E-state index in [1.165, 1.54) is 6.92 Å². The Kier molecular flexibility index (Phi) is 9.87. The van der Waals surface area contributed by atoms with E-state index in [1.54, 1.807) is 0 Å². The van der Waals surface area contributed by atoms with Gasteiger partial charge >= 0.3 is 5.97 Å². The number of hydrogen-bond donors (Lipinski definition) is 7. The summed E-state index contributed by atoms with van der Waals surface area (Å²) in [7, 11) is 0. The molecule has 19 heteroatoms. The second kappa shape index (κ2) is 13.1. The summed E-state index contributed by atoms with van der Waals surface area (Å²) in [6.45, 7) is 0.893. The molecule has 7 N–H and O–H groups in total. The number of carbonyl (C=O) groups is 6. The Morgan fingerprint density at radius 1 is 1.07 bits per heavy atom. The first-order chi connectivity index (χ1) is 20.3. The van der Waals surface area contributed by atoms with E-state index >= 15 is 0 Å². The van der Waals surface area contributed by atoms with Gasteiger partial charge in [0, 0.05) is 13.1 Å². The topological polar surface area (TPSA) is 243 Å². The number of ether oxygens (including phenoxy) is 1. The molecule has 0 saturated carbocycles. The molecule has 0 radical (unpaired) electrons. The molecule has 0 spiro atoms. The van der Waals surface area contributed by atoms with E-state index in [9.17, 15) is 44.1 Å². The number of esters is 1. The first kappa shape index (κ1) is 32.5. The van der Waals surface area contributed by atoms with E-state index in [-0.39, 0.29) is 19.4 Å². The number of halogens is 1. The number of hydrazine groups is 2. The van der Waals surface area contributed by atoms with Crippen molar-refractivity contribution in [1.29, 1.82) is 0 Å². The van der Waals surface area contributed by atoms with Gasteiger partial charge in [0.05, 0.1) is 18.2 Å². The number of aliphatic hydroxyl groups is 3. The fraction of sp³-hybridized carbons (Fsp3) is 0.708. The van der Waals surface area contributed by atoms with Crippen LogP contribution in [0.2, 0.25) is 0 Å². The molecule has 5 amide bonds. The lowest BCUT2D eigenvalue weighted by molar-refractivity contribution is -0.166. The van der Waals surface area contributed by atoms with Crippen LogP contribution in [0.3, 0.4) is 0 Å². The Hall–Kier alpha value is -3.42. The molecular weight excluding hydrogens is 596 g/mol. The maximum absolute atomic E-state index is 13.9. The van der Waals surface area contributed by atoms with Crippen molar-refractivity contribution in [3.05, 3.63) is 0 Å². The van der Waals surface area contributed by atoms with Crippen LogP contribution < -0.4 is 21.5 Å². The van der Waals surface area contributed by atoms with Gasteiger partial charge in [-0.15, -0.1) is 11.6 Å². The monoisotopic (exact) mass is 630 g/mol. The molecular formula is C24H35ClN8O10. The smallest absolute Gasteiger partial charge is 0.334 e. The van der Waals surface area contributed by atoms with Gasteiger partial charge in [-0.05, 0) is 33.1 Å². The SMILES string of the molecule is C[C@@H]1NC(=O)[C@H]2[C@H](O)[C@H](O)C=NN2C(=O)COC(=O)[C@](C)(CO)NC(=O)[C@H]2CCCNN2C(=O)[C@H]2C[C@H](Cl)CNN2C1=O. The van der Waals surface area contributed by atoms with Crippen LogP contribution in [-0.4, -0.2) is 146 Å². The molecule has 4 heterocycles. The van der Waals surface area contributed by atoms with Gasteiger partial charge in [-0.25, -0.2) is 20.7 Å². The summed E-state index contributed by atoms with van der Waals surface area (Å²) in [5.74, 6) is -5.68. The Labute approximate surface area is 250 Å². The van der Waals surface area contributed by atoms with Crippen LogP contribution >= 0.6 is 11.6 Å². The van der Waals surface area contributed by atoms with Crippen LogP contribution in [0.4, 0.5) is 0 Å². The van der Waals surface area contributed by atoms with E-state index in [1.807, 2.05) is 0 Å². The second-order valence-corrected chi connectivity index (χ2v) is 11.5. The zero-order valence-corrected chi connectivity index (χ0v) is 24.2. The first-order valence-electron chi connectivity index (χ1n) is 13.7. The minimum atomic E-state index is -2.06. The third-order valence-electron chi connectivity index (χ3n) is 7.61. The molecule has 0 aliphatic carbocycles. The maximum Gasteiger partial charge on any atom is 0.334 e. The molecule has 0 unspecified atom stereocenters. The van der Waals surface area contributed by atoms with Gasteiger partial charge in [0.25, 0.3) is 17.7 Å². The summed E-state index contributed by atoms with van der Waals surface area (Å²) >= 11 is 6.33. The van der Waals surface area contributed by atoms with E-state index in [0.29, 0.717) is 18.0 Å². The van der Waals surface area contributed by atoms with Crippen LogP contribution in [0.5, 0.6) is 0 Å². The number of hydrazone groups is 1. The fourth-order valence-electron chi connectivity index (χ4n) is 5.11. The Morgan fingerprint density at radius 3 is 2.47 bits per heavy atom. The van der Waals surface area contributed by atoms with Gasteiger partial charge in [-0.3, -0.25) is 34.0 Å². The molecule has 3 fully saturated rings. The molecule has 0 aromatic rings. The standard InChI is InChI=1S/C24H35ClN8O10/c1-11-21(40)32-14(6-12(25)7-27-32)22(41)31-13(4-3-5-26-31)19(38)30-24(2,10-34)23(42)43-9-16(36)33-17(20(39)29-11)18(37)15(35)8-28-33/h8,11-15,17-18,26-27,34-35,37H,3-7,9-10H2,1-2H3,(H,29,39)(H,30,38)/t11-,12-,13+,14+,15+,17+,18+,24-/m0/s1. The minimum absolute atomic E-state index is 0.0163. The number of alkyl halides is 1. The average molecular weight is 631 g/mol. The lowest BCUT2D eigenvalue weighted by Crippen LogP contribution is -2.70. The molecule has 4 aliphatic heterocycles. The predicted molar refractivity (Wildman–Crippen MR) is 144 cm³/mol. The summed E-state index contributed by atoms with van der Waals surface area (Å²) in [6.07, 6.45) is -2.11. The highest BCUT2D eigenvalue weighted by Gasteiger charge is 2.47. The van der Waals surface area contributed by atoms with Crippen molar-refractivity contribution in [3.8, 4) is 0 Å². The third kappa shape index (κ3) is 6.58. The van der Waals surface area contributed by atoms with Gasteiger partial charge in [-0.1, -0.05) is 0 Å². The van der Waals surface area contributed by atoms with Crippen molar-refractivity contribution in [2.75, 3.05) is 26.3 Å². The van der Waals surface area contributed by atoms with Gasteiger partial charge in [-0.2, -0.15) is 5.10 Å². The summed E-state index contributed by atoms with van der Waals surface area (Å²) in [6, 6.07) is -5.57. The number of nitrogens with zero attached hydrogens (tertiary/aromatic N) is 4. The molecule has 0 aromatic carbocycles. The highest BCUT2D eigenvalue weighted by molar-refractivity contribution is 6.21. The van der Waals surface area contributed by atoms with E-state index in [4.69, 9.17) is 16.3 Å². The number of rotatable bonds is 1. The Bertz CT molecular complexity index is 1190. The normalized spacial score (nSPS) is 36.9. The van der Waals surface area contributed by atoms with Crippen molar-refractivity contribution in [2.24, 2.45) is 5.10 Å². The van der Waals surface area contributed by atoms with Crippen LogP contribution in [0.1, 0.15) is 33.1 Å². The van der Waals surface area contributed by atoms with Gasteiger partial charge in [0.15, 0.2) is 18.2 Å². The van der Waals surface area contributed by atoms with E-state index in [2.05, 4.69) is 26.6 Å². The minimum Gasteiger partial charge on any atom is -0.454 e. The molecule has 238 valence electrons. The average Bonchev–Trinajstić information content (AvgIpc) is 2.99. The van der Waals surface area contributed by atoms with Crippen molar-refractivity contribution in [1.82, 2.24) is 36.5 Å². The van der Waals surface area contributed by atoms with Crippen molar-refractivity contribution in [2.45, 2.75) is 80.4 Å². The maximum atomic E-state index is 13.9. The number of carbonyl (C=O) groups excluding carboxylic acids is 6. The largest absolute Gasteiger partial charge is 0.454 e. The molecule has 0 aromatic heterocycles. The van der Waals surface area contributed by atoms with Crippen LogP contribution in [-0.2, 0) is 33.5 Å². The van der Waals surface area contributed by atoms with Crippen molar-refractivity contribution >= 4 is 53.3 Å². The number of fused-ring (bicyclic) bond motifs is 3. The molecule has 4 aliphatic rings. The summed E-state index contributed by atoms with van der Waals surface area (Å²) < 4.78 is 5.04. The second-order valence-electron chi connectivity index (χ2n) is 10.9. The quantitative estimate of drug-likeness (QED) is 0.106. The zero-order chi connectivity index (χ0) is 31.6. The molecule has 18 nitrogen and oxygen atoms in total. The Morgan fingerprint density at radius 2 is 1.77 bits per heavy atom. The number of nitrogens with one attached hydrogen (secondary N) is 4. The number of amides is 5. The van der Waals surface area contributed by atoms with E-state index in [0.717, 1.165) is 23.2 Å². The first-order valence-corrected chi connectivity index (χ1v) is 14.1. The summed E-state index contributed by atoms with van der Waals surface area (Å²) in [5, 5.41) is 41.1. The summed E-state index contributed by atoms with van der Waals surface area (Å²) in [4.78, 5) is 80.1. The van der Waals surface area contributed by atoms with Gasteiger partial charge in [0.2, 0.25) is 11.8 Å². The number of aliphatic hydroxyl groups excluding tert-OH is 3. The lowest BCUT2D eigenvalue weighted by atomic mass is 9.99. The highest BCUT2D eigenvalue weighted by Crippen LogP contribution is 2.23. The number of hydrogen-bond acceptors (Lipinski definition) is 13. The van der Waals surface area contributed by atoms with Crippen LogP contribution in [0.15, 0.2) is 5.10 Å². The van der Waals surface area contributed by atoms with Gasteiger partial charge < -0.3 is 30.7 Å². The molecule has 3 saturated heterocycles. The van der Waals surface area contributed by atoms with Crippen LogP contribution in [0.25, 0.3) is 0 Å². The van der Waals surface area contributed by atoms with Crippen LogP contribution in [0, 0.1) is 0 Å². The highest BCUT2D eigenvalue weighted by atomic mass is 35.5. The predicted octanol–water partition coefficient (Wildman–Crippen LogP) is -4.96. The number of cyclic esters (lactones) is 1. The third-order valence-corrected chi connectivity index (χ3v) is 7.94. The van der Waals surface area contributed by atoms with Crippen molar-refractivity contribution < 1.29 is 48.8 Å². The van der Waals surface area contributed by atoms with E-state index < -0.39 is 96.0 Å². The lowest BCUT2D eigenvalue weighted by Gasteiger charge is -2.43. The Balaban J connectivity index is 1.73. The molecule has 43 heavy (non-hydrogen) atoms. The fourth-order valence-corrected chi connectivity index (χ4v) is 5.34. The molecule has 8 atom stereocenters. The molecule has 4 rings (SSSR count).